The maximum atomic E-state index is 10.9. The van der Waals surface area contributed by atoms with Crippen LogP contribution in [0.4, 0.5) is 0 Å². The average Bonchev–Trinajstić information content (AvgIpc) is 2.15. The van der Waals surface area contributed by atoms with Gasteiger partial charge in [-0.25, -0.2) is 0 Å². The van der Waals surface area contributed by atoms with Crippen LogP contribution in [-0.4, -0.2) is 20.7 Å². The Labute approximate surface area is 108 Å². The average molecular weight is 258 g/mol. The molecule has 0 aliphatic heterocycles. The third kappa shape index (κ3) is 4.55. The predicted octanol–water partition coefficient (Wildman–Crippen LogP) is 4.55. The number of hydrogen-bond donors (Lipinski definition) is 0. The summed E-state index contributed by atoms with van der Waals surface area (Å²) in [6.45, 7) is 16.1. The van der Waals surface area contributed by atoms with E-state index in [9.17, 15) is 4.79 Å². The normalized spacial score (nSPS) is 12.8. The molecule has 2 nitrogen and oxygen atoms in total. The number of Topliss-reactive ketones (excluding diaryl/α,β-unsaturated/α-hetero) is 1. The lowest BCUT2D eigenvalue weighted by Gasteiger charge is -2.42. The van der Waals surface area contributed by atoms with E-state index in [0.717, 1.165) is 13.0 Å². The number of hydrogen-bond acceptors (Lipinski definition) is 2. The summed E-state index contributed by atoms with van der Waals surface area (Å²) in [6, 6.07) is 0. The SMILES string of the molecule is CC(=O)CCCO[Si](C(C)C)(C(C)C)C(C)C. The van der Waals surface area contributed by atoms with Crippen molar-refractivity contribution in [3.63, 3.8) is 0 Å². The number of carbonyl (C=O) groups is 1. The van der Waals surface area contributed by atoms with Gasteiger partial charge in [-0.3, -0.25) is 0 Å². The molecule has 0 amide bonds. The summed E-state index contributed by atoms with van der Waals surface area (Å²) >= 11 is 0. The van der Waals surface area contributed by atoms with E-state index in [-0.39, 0.29) is 5.78 Å². The van der Waals surface area contributed by atoms with Crippen molar-refractivity contribution in [2.75, 3.05) is 6.61 Å². The molecule has 0 rings (SSSR count). The number of carbonyl (C=O) groups excluding carboxylic acids is 1. The summed E-state index contributed by atoms with van der Waals surface area (Å²) in [6.07, 6.45) is 1.52. The van der Waals surface area contributed by atoms with Crippen LogP contribution in [0.15, 0.2) is 0 Å². The van der Waals surface area contributed by atoms with Gasteiger partial charge in [-0.2, -0.15) is 0 Å². The van der Waals surface area contributed by atoms with Crippen LogP contribution < -0.4 is 0 Å². The second-order valence-corrected chi connectivity index (χ2v) is 11.4. The van der Waals surface area contributed by atoms with E-state index in [1.165, 1.54) is 0 Å². The van der Waals surface area contributed by atoms with Crippen molar-refractivity contribution in [3.8, 4) is 0 Å². The summed E-state index contributed by atoms with van der Waals surface area (Å²) in [5.41, 5.74) is 1.87. The molecule has 0 saturated carbocycles. The molecular formula is C14H30O2Si. The van der Waals surface area contributed by atoms with Crippen LogP contribution in [0.25, 0.3) is 0 Å². The van der Waals surface area contributed by atoms with Gasteiger partial charge in [0.05, 0.1) is 0 Å². The highest BCUT2D eigenvalue weighted by Crippen LogP contribution is 2.42. The minimum atomic E-state index is -1.71. The Kier molecular flexibility index (Phi) is 7.25. The molecule has 0 fully saturated rings. The van der Waals surface area contributed by atoms with Crippen LogP contribution in [0.1, 0.15) is 61.3 Å². The van der Waals surface area contributed by atoms with Crippen molar-refractivity contribution in [2.45, 2.75) is 77.9 Å². The van der Waals surface area contributed by atoms with Crippen LogP contribution in [0.2, 0.25) is 16.6 Å². The number of ketones is 1. The molecule has 0 N–H and O–H groups in total. The van der Waals surface area contributed by atoms with Gasteiger partial charge < -0.3 is 9.22 Å². The second kappa shape index (κ2) is 7.32. The Balaban J connectivity index is 4.54. The zero-order chi connectivity index (χ0) is 13.6. The Morgan fingerprint density at radius 1 is 1.00 bits per heavy atom. The van der Waals surface area contributed by atoms with Crippen LogP contribution >= 0.6 is 0 Å². The highest BCUT2D eigenvalue weighted by molar-refractivity contribution is 6.77. The van der Waals surface area contributed by atoms with Gasteiger partial charge in [-0.15, -0.1) is 0 Å². The molecule has 0 spiro atoms. The van der Waals surface area contributed by atoms with E-state index < -0.39 is 8.32 Å². The van der Waals surface area contributed by atoms with Crippen molar-refractivity contribution in [1.29, 1.82) is 0 Å². The van der Waals surface area contributed by atoms with Gasteiger partial charge in [0.25, 0.3) is 0 Å². The zero-order valence-electron chi connectivity index (χ0n) is 12.7. The molecule has 17 heavy (non-hydrogen) atoms. The first kappa shape index (κ1) is 16.8. The quantitative estimate of drug-likeness (QED) is 0.472. The molecule has 0 aromatic heterocycles. The van der Waals surface area contributed by atoms with Crippen molar-refractivity contribution in [2.24, 2.45) is 0 Å². The lowest BCUT2D eigenvalue weighted by molar-refractivity contribution is -0.117. The molecule has 0 atom stereocenters. The molecule has 0 aliphatic carbocycles. The Morgan fingerprint density at radius 2 is 1.41 bits per heavy atom. The molecule has 3 heteroatoms. The fraction of sp³-hybridized carbons (Fsp3) is 0.929. The lowest BCUT2D eigenvalue weighted by Crippen LogP contribution is -2.48. The van der Waals surface area contributed by atoms with Crippen LogP contribution in [0.3, 0.4) is 0 Å². The smallest absolute Gasteiger partial charge is 0.200 e. The summed E-state index contributed by atoms with van der Waals surface area (Å²) in [5, 5.41) is 0. The van der Waals surface area contributed by atoms with Gasteiger partial charge in [0, 0.05) is 13.0 Å². The van der Waals surface area contributed by atoms with Crippen molar-refractivity contribution in [1.82, 2.24) is 0 Å². The summed E-state index contributed by atoms with van der Waals surface area (Å²) in [5.74, 6) is 0.263. The maximum Gasteiger partial charge on any atom is 0.200 e. The van der Waals surface area contributed by atoms with E-state index in [1.807, 2.05) is 0 Å². The lowest BCUT2D eigenvalue weighted by atomic mass is 10.2. The molecule has 0 unspecified atom stereocenters. The summed E-state index contributed by atoms with van der Waals surface area (Å²) in [7, 11) is -1.71. The van der Waals surface area contributed by atoms with Gasteiger partial charge in [0.2, 0.25) is 0 Å². The largest absolute Gasteiger partial charge is 0.416 e. The van der Waals surface area contributed by atoms with Gasteiger partial charge in [0.15, 0.2) is 8.32 Å². The molecule has 102 valence electrons. The van der Waals surface area contributed by atoms with Crippen LogP contribution in [-0.2, 0) is 9.22 Å². The fourth-order valence-corrected chi connectivity index (χ4v) is 8.57. The first-order chi connectivity index (χ1) is 7.75. The molecule has 0 saturated heterocycles. The maximum absolute atomic E-state index is 10.9. The van der Waals surface area contributed by atoms with E-state index in [1.54, 1.807) is 6.92 Å². The Morgan fingerprint density at radius 3 is 1.71 bits per heavy atom. The molecule has 0 radical (unpaired) electrons. The van der Waals surface area contributed by atoms with Crippen molar-refractivity contribution >= 4 is 14.1 Å². The Hall–Kier alpha value is -0.153. The highest BCUT2D eigenvalue weighted by atomic mass is 28.4. The second-order valence-electron chi connectivity index (χ2n) is 5.97. The monoisotopic (exact) mass is 258 g/mol. The van der Waals surface area contributed by atoms with E-state index >= 15 is 0 Å². The minimum absolute atomic E-state index is 0.263. The number of rotatable bonds is 8. The molecule has 0 heterocycles. The first-order valence-electron chi connectivity index (χ1n) is 6.88. The van der Waals surface area contributed by atoms with Gasteiger partial charge in [0.1, 0.15) is 5.78 Å². The zero-order valence-corrected chi connectivity index (χ0v) is 13.7. The van der Waals surface area contributed by atoms with E-state index in [4.69, 9.17) is 4.43 Å². The van der Waals surface area contributed by atoms with E-state index in [2.05, 4.69) is 41.5 Å². The van der Waals surface area contributed by atoms with Gasteiger partial charge in [-0.05, 0) is 30.0 Å². The van der Waals surface area contributed by atoms with Crippen LogP contribution in [0, 0.1) is 0 Å². The fourth-order valence-electron chi connectivity index (χ4n) is 3.07. The summed E-state index contributed by atoms with van der Waals surface area (Å²) < 4.78 is 6.35. The van der Waals surface area contributed by atoms with Gasteiger partial charge in [-0.1, -0.05) is 41.5 Å². The highest BCUT2D eigenvalue weighted by Gasteiger charge is 2.44. The molecule has 0 bridgehead atoms. The first-order valence-corrected chi connectivity index (χ1v) is 9.02. The topological polar surface area (TPSA) is 26.3 Å². The minimum Gasteiger partial charge on any atom is -0.416 e. The predicted molar refractivity (Wildman–Crippen MR) is 76.9 cm³/mol. The third-order valence-electron chi connectivity index (χ3n) is 3.73. The van der Waals surface area contributed by atoms with Gasteiger partial charge >= 0.3 is 0 Å². The Bertz CT molecular complexity index is 213. The molecule has 0 aromatic carbocycles. The third-order valence-corrected chi connectivity index (χ3v) is 9.85. The molecule has 0 aromatic rings. The summed E-state index contributed by atoms with van der Waals surface area (Å²) in [4.78, 5) is 10.9. The van der Waals surface area contributed by atoms with Crippen molar-refractivity contribution < 1.29 is 9.22 Å². The van der Waals surface area contributed by atoms with E-state index in [0.29, 0.717) is 23.0 Å². The standard InChI is InChI=1S/C14H30O2Si/c1-11(2)17(12(3)4,13(5)6)16-10-8-9-14(7)15/h11-13H,8-10H2,1-7H3. The van der Waals surface area contributed by atoms with Crippen LogP contribution in [0.5, 0.6) is 0 Å². The van der Waals surface area contributed by atoms with Crippen molar-refractivity contribution in [3.05, 3.63) is 0 Å². The molecule has 0 aliphatic rings. The molecular weight excluding hydrogens is 228 g/mol.